The molecule has 0 saturated carbocycles. The molecular weight excluding hydrogens is 788 g/mol. The summed E-state index contributed by atoms with van der Waals surface area (Å²) in [6.07, 6.45) is 5.41. The van der Waals surface area contributed by atoms with Crippen molar-refractivity contribution in [3.63, 3.8) is 0 Å². The van der Waals surface area contributed by atoms with Gasteiger partial charge in [-0.3, -0.25) is 9.78 Å². The van der Waals surface area contributed by atoms with E-state index in [0.717, 1.165) is 22.9 Å². The highest BCUT2D eigenvalue weighted by Gasteiger charge is 2.36. The fraction of sp³-hybridized carbons (Fsp3) is 0.421. The second-order valence-corrected chi connectivity index (χ2v) is 18.5. The summed E-state index contributed by atoms with van der Waals surface area (Å²) >= 11 is 4.52. The minimum absolute atomic E-state index is 0.0453. The summed E-state index contributed by atoms with van der Waals surface area (Å²) in [5, 5.41) is 14.7. The molecular formula is C38H44BrF2N5O5S2. The van der Waals surface area contributed by atoms with Gasteiger partial charge in [0.05, 0.1) is 47.0 Å². The number of pyridine rings is 1. The molecule has 53 heavy (non-hydrogen) atoms. The highest BCUT2D eigenvalue weighted by atomic mass is 79.9. The van der Waals surface area contributed by atoms with Crippen molar-refractivity contribution < 1.29 is 31.8 Å². The zero-order chi connectivity index (χ0) is 38.7. The van der Waals surface area contributed by atoms with E-state index in [9.17, 15) is 22.7 Å². The minimum atomic E-state index is -3.42. The number of hydrogen-bond donors (Lipinski definition) is 2. The second-order valence-electron chi connectivity index (χ2n) is 14.4. The molecule has 3 heterocycles. The summed E-state index contributed by atoms with van der Waals surface area (Å²) < 4.78 is 62.3. The van der Waals surface area contributed by atoms with Gasteiger partial charge >= 0.3 is 5.97 Å². The lowest BCUT2D eigenvalue weighted by atomic mass is 9.75. The van der Waals surface area contributed by atoms with Crippen LogP contribution >= 0.6 is 27.7 Å². The van der Waals surface area contributed by atoms with Gasteiger partial charge in [-0.05, 0) is 76.9 Å². The van der Waals surface area contributed by atoms with E-state index in [2.05, 4.69) is 38.9 Å². The molecule has 15 heteroatoms. The molecule has 0 aliphatic heterocycles. The van der Waals surface area contributed by atoms with Crippen LogP contribution in [0.15, 0.2) is 69.1 Å². The molecule has 5 rings (SSSR count). The third kappa shape index (κ3) is 9.18. The Hall–Kier alpha value is -3.66. The average molecular weight is 833 g/mol. The van der Waals surface area contributed by atoms with Gasteiger partial charge < -0.3 is 14.8 Å². The summed E-state index contributed by atoms with van der Waals surface area (Å²) in [7, 11) is -0.287. The van der Waals surface area contributed by atoms with E-state index in [-0.39, 0.29) is 33.8 Å². The van der Waals surface area contributed by atoms with E-state index < -0.39 is 38.9 Å². The molecule has 0 amide bonds. The van der Waals surface area contributed by atoms with E-state index in [1.165, 1.54) is 7.11 Å². The topological polar surface area (TPSA) is 140 Å². The van der Waals surface area contributed by atoms with Crippen molar-refractivity contribution >= 4 is 54.4 Å². The maximum absolute atomic E-state index is 15.2. The monoisotopic (exact) mass is 831 g/mol. The smallest absolute Gasteiger partial charge is 0.308 e. The molecule has 10 nitrogen and oxygen atoms in total. The number of nitrogens with zero attached hydrogens (tertiary/aromatic N) is 4. The average Bonchev–Trinajstić information content (AvgIpc) is 3.76. The number of aromatic nitrogens is 5. The van der Waals surface area contributed by atoms with Crippen LogP contribution in [0.2, 0.25) is 0 Å². The first-order chi connectivity index (χ1) is 25.0. The molecule has 2 atom stereocenters. The van der Waals surface area contributed by atoms with Crippen LogP contribution in [0, 0.1) is 23.0 Å². The third-order valence-electron chi connectivity index (χ3n) is 9.48. The first-order valence-corrected chi connectivity index (χ1v) is 20.6. The van der Waals surface area contributed by atoms with Crippen LogP contribution in [0.4, 0.5) is 8.78 Å². The number of aliphatic hydroxyl groups excluding tert-OH is 1. The molecule has 2 aromatic carbocycles. The fourth-order valence-electron chi connectivity index (χ4n) is 6.67. The number of aromatic amines is 1. The van der Waals surface area contributed by atoms with Crippen LogP contribution in [0.1, 0.15) is 63.9 Å². The molecule has 0 radical (unpaired) electrons. The van der Waals surface area contributed by atoms with Crippen molar-refractivity contribution in [3.8, 4) is 11.5 Å². The van der Waals surface area contributed by atoms with E-state index in [1.807, 2.05) is 39.0 Å². The number of fused-ring (bicyclic) bond motifs is 1. The van der Waals surface area contributed by atoms with E-state index in [4.69, 9.17) is 14.8 Å². The number of hydrogen-bond acceptors (Lipinski definition) is 9. The zero-order valence-electron chi connectivity index (χ0n) is 30.5. The van der Waals surface area contributed by atoms with E-state index in [0.29, 0.717) is 57.8 Å². The number of methoxy groups -OCH3 is 1. The number of carbonyl (C=O) groups excluding carboxylic acids is 1. The number of sulfone groups is 1. The van der Waals surface area contributed by atoms with Gasteiger partial charge in [-0.1, -0.05) is 63.2 Å². The second kappa shape index (κ2) is 16.4. The Labute approximate surface area is 321 Å². The molecule has 0 fully saturated rings. The lowest BCUT2D eigenvalue weighted by molar-refractivity contribution is -0.144. The van der Waals surface area contributed by atoms with Gasteiger partial charge in [0, 0.05) is 34.2 Å². The summed E-state index contributed by atoms with van der Waals surface area (Å²) in [4.78, 5) is 25.3. The van der Waals surface area contributed by atoms with Crippen LogP contribution in [-0.2, 0) is 38.3 Å². The SMILES string of the molecule is COC(=O)[C@H](C)Cc1cccc([C@@](C)(CCCC(C)(C)CS(=O)(=O)CCO)c2nc(-c3cc(Sc4c(F)c(F)c5[nH]ccc5c4Br)ccn3)n(C)n2)c1. The van der Waals surface area contributed by atoms with Gasteiger partial charge in [-0.2, -0.15) is 5.10 Å². The van der Waals surface area contributed by atoms with Crippen LogP contribution in [-0.4, -0.2) is 69.4 Å². The van der Waals surface area contributed by atoms with Crippen molar-refractivity contribution in [1.82, 2.24) is 24.7 Å². The first kappa shape index (κ1) is 40.5. The molecule has 284 valence electrons. The Kier molecular flexibility index (Phi) is 12.5. The van der Waals surface area contributed by atoms with Crippen molar-refractivity contribution in [2.45, 2.75) is 68.6 Å². The molecule has 0 aliphatic carbocycles. The summed E-state index contributed by atoms with van der Waals surface area (Å²) in [5.41, 5.74) is 1.15. The molecule has 0 unspecified atom stereocenters. The quantitative estimate of drug-likeness (QED) is 0.0753. The molecule has 0 bridgehead atoms. The van der Waals surface area contributed by atoms with Crippen LogP contribution in [0.3, 0.4) is 0 Å². The van der Waals surface area contributed by atoms with Gasteiger partial charge in [-0.15, -0.1) is 0 Å². The number of rotatable bonds is 16. The maximum Gasteiger partial charge on any atom is 0.308 e. The van der Waals surface area contributed by atoms with Crippen LogP contribution < -0.4 is 0 Å². The van der Waals surface area contributed by atoms with Gasteiger partial charge in [0.1, 0.15) is 5.69 Å². The van der Waals surface area contributed by atoms with Gasteiger partial charge in [0.2, 0.25) is 0 Å². The number of ether oxygens (including phenoxy) is 1. The number of esters is 1. The van der Waals surface area contributed by atoms with Crippen molar-refractivity contribution in [3.05, 3.63) is 87.9 Å². The normalized spacial score (nSPS) is 14.0. The Morgan fingerprint density at radius 3 is 2.60 bits per heavy atom. The Morgan fingerprint density at radius 1 is 1.13 bits per heavy atom. The maximum atomic E-state index is 15.2. The van der Waals surface area contributed by atoms with Gasteiger partial charge in [0.15, 0.2) is 33.1 Å². The molecule has 0 spiro atoms. The van der Waals surface area contributed by atoms with Crippen molar-refractivity contribution in [2.75, 3.05) is 25.2 Å². The number of aryl methyl sites for hydroxylation is 1. The lowest BCUT2D eigenvalue weighted by Gasteiger charge is -2.30. The fourth-order valence-corrected chi connectivity index (χ4v) is 10.1. The Bertz CT molecular complexity index is 2230. The Morgan fingerprint density at radius 2 is 1.89 bits per heavy atom. The summed E-state index contributed by atoms with van der Waals surface area (Å²) in [6.45, 7) is 7.28. The number of carbonyl (C=O) groups is 1. The lowest BCUT2D eigenvalue weighted by Crippen LogP contribution is -2.29. The van der Waals surface area contributed by atoms with Crippen LogP contribution in [0.5, 0.6) is 0 Å². The number of benzene rings is 2. The summed E-state index contributed by atoms with van der Waals surface area (Å²) in [5.74, 6) is -1.91. The first-order valence-electron chi connectivity index (χ1n) is 17.2. The van der Waals surface area contributed by atoms with E-state index >= 15 is 4.39 Å². The molecule has 2 N–H and O–H groups in total. The Balaban J connectivity index is 1.49. The highest BCUT2D eigenvalue weighted by Crippen LogP contribution is 2.42. The highest BCUT2D eigenvalue weighted by molar-refractivity contribution is 9.10. The van der Waals surface area contributed by atoms with Crippen LogP contribution in [0.25, 0.3) is 22.4 Å². The molecule has 0 aliphatic rings. The third-order valence-corrected chi connectivity index (χ3v) is 13.7. The predicted octanol–water partition coefficient (Wildman–Crippen LogP) is 7.81. The van der Waals surface area contributed by atoms with Crippen molar-refractivity contribution in [2.24, 2.45) is 18.4 Å². The largest absolute Gasteiger partial charge is 0.469 e. The van der Waals surface area contributed by atoms with Crippen molar-refractivity contribution in [1.29, 1.82) is 0 Å². The number of aliphatic hydroxyl groups is 1. The van der Waals surface area contributed by atoms with Gasteiger partial charge in [0.25, 0.3) is 0 Å². The standard InChI is InChI=1S/C38H44BrF2N5O5S2/c1-23(35(48)51-6)19-24-9-7-10-25(20-24)38(4,14-8-13-37(2,3)22-53(49,50)18-17-47)36-44-34(46(5)45-36)28-21-26(11-15-42-28)52-33-29(39)27-12-16-43-32(27)30(40)31(33)41/h7,9-12,15-16,20-21,23,43,47H,8,13-14,17-19,22H2,1-6H3/t23-,38-/m1/s1. The zero-order valence-corrected chi connectivity index (χ0v) is 33.8. The number of nitrogens with one attached hydrogen (secondary N) is 1. The van der Waals surface area contributed by atoms with E-state index in [1.54, 1.807) is 42.3 Å². The minimum Gasteiger partial charge on any atom is -0.469 e. The molecule has 5 aromatic rings. The number of H-pyrrole nitrogens is 1. The summed E-state index contributed by atoms with van der Waals surface area (Å²) in [6, 6.07) is 13.1. The predicted molar refractivity (Wildman–Crippen MR) is 205 cm³/mol. The molecule has 3 aromatic heterocycles. The molecule has 0 saturated heterocycles. The van der Waals surface area contributed by atoms with Gasteiger partial charge in [-0.25, -0.2) is 26.9 Å². The number of halogens is 3.